The number of amides is 3. The first-order valence-electron chi connectivity index (χ1n) is 5.68. The highest BCUT2D eigenvalue weighted by Gasteiger charge is 2.20. The minimum atomic E-state index is -1.23. The Kier molecular flexibility index (Phi) is 8.51. The molecule has 0 aromatic carbocycles. The van der Waals surface area contributed by atoms with Crippen molar-refractivity contribution < 1.29 is 23.7 Å². The topological polar surface area (TPSA) is 139 Å². The van der Waals surface area contributed by atoms with Gasteiger partial charge in [-0.1, -0.05) is 0 Å². The molecule has 9 heteroatoms. The van der Waals surface area contributed by atoms with Crippen molar-refractivity contribution in [2.24, 2.45) is 5.73 Å². The Hall–Kier alpha value is -1.64. The van der Waals surface area contributed by atoms with Crippen LogP contribution in [0.2, 0.25) is 0 Å². The van der Waals surface area contributed by atoms with E-state index in [9.17, 15) is 18.6 Å². The zero-order valence-corrected chi connectivity index (χ0v) is 11.5. The van der Waals surface area contributed by atoms with Crippen molar-refractivity contribution in [1.29, 1.82) is 0 Å². The van der Waals surface area contributed by atoms with Crippen LogP contribution in [-0.4, -0.2) is 51.8 Å². The Morgan fingerprint density at radius 2 is 2.00 bits per heavy atom. The van der Waals surface area contributed by atoms with Gasteiger partial charge in [-0.3, -0.25) is 9.00 Å². The third-order valence-corrected chi connectivity index (χ3v) is 3.04. The Bertz CT molecular complexity index is 361. The van der Waals surface area contributed by atoms with Gasteiger partial charge >= 0.3 is 12.0 Å². The maximum atomic E-state index is 11.4. The molecular formula is C10H19N3O5S. The average Bonchev–Trinajstić information content (AvgIpc) is 2.29. The Balaban J connectivity index is 3.99. The zero-order valence-electron chi connectivity index (χ0n) is 10.7. The molecule has 0 aromatic rings. The highest BCUT2D eigenvalue weighted by atomic mass is 32.2. The van der Waals surface area contributed by atoms with Gasteiger partial charge in [-0.25, -0.2) is 9.59 Å². The molecule has 0 spiro atoms. The molecule has 0 radical (unpaired) electrons. The highest BCUT2D eigenvalue weighted by molar-refractivity contribution is 7.84. The van der Waals surface area contributed by atoms with Crippen LogP contribution >= 0.6 is 0 Å². The van der Waals surface area contributed by atoms with Gasteiger partial charge in [-0.2, -0.15) is 0 Å². The number of hydrogen-bond acceptors (Lipinski definition) is 4. The summed E-state index contributed by atoms with van der Waals surface area (Å²) in [5.41, 5.74) is 4.91. The first-order chi connectivity index (χ1) is 8.82. The number of nitrogens with one attached hydrogen (secondary N) is 2. The fourth-order valence-electron chi connectivity index (χ4n) is 1.23. The van der Waals surface area contributed by atoms with Gasteiger partial charge in [0.25, 0.3) is 0 Å². The van der Waals surface area contributed by atoms with Crippen LogP contribution in [0.5, 0.6) is 0 Å². The molecule has 110 valence electrons. The first-order valence-corrected chi connectivity index (χ1v) is 7.41. The average molecular weight is 293 g/mol. The van der Waals surface area contributed by atoms with E-state index in [0.29, 0.717) is 18.7 Å². The van der Waals surface area contributed by atoms with Crippen LogP contribution in [0, 0.1) is 0 Å². The maximum Gasteiger partial charge on any atom is 0.326 e. The molecule has 8 nitrogen and oxygen atoms in total. The summed E-state index contributed by atoms with van der Waals surface area (Å²) < 4.78 is 10.8. The van der Waals surface area contributed by atoms with Gasteiger partial charge in [0.05, 0.1) is 0 Å². The van der Waals surface area contributed by atoms with Crippen LogP contribution in [-0.2, 0) is 20.4 Å². The van der Waals surface area contributed by atoms with E-state index in [4.69, 9.17) is 10.8 Å². The molecule has 0 bridgehead atoms. The van der Waals surface area contributed by atoms with Gasteiger partial charge < -0.3 is 21.5 Å². The molecule has 3 amide bonds. The Morgan fingerprint density at radius 3 is 2.47 bits per heavy atom. The van der Waals surface area contributed by atoms with Gasteiger partial charge in [0.2, 0.25) is 5.91 Å². The van der Waals surface area contributed by atoms with Gasteiger partial charge in [-0.05, 0) is 12.8 Å². The number of rotatable bonds is 9. The maximum absolute atomic E-state index is 11.4. The van der Waals surface area contributed by atoms with Crippen molar-refractivity contribution in [3.05, 3.63) is 0 Å². The van der Waals surface area contributed by atoms with Crippen molar-refractivity contribution in [1.82, 2.24) is 10.6 Å². The molecule has 0 aliphatic rings. The zero-order chi connectivity index (χ0) is 14.8. The molecule has 0 aliphatic carbocycles. The van der Waals surface area contributed by atoms with Crippen molar-refractivity contribution >= 4 is 28.7 Å². The van der Waals surface area contributed by atoms with Crippen LogP contribution in [0.4, 0.5) is 4.79 Å². The minimum Gasteiger partial charge on any atom is -0.480 e. The molecule has 0 aliphatic heterocycles. The predicted molar refractivity (Wildman–Crippen MR) is 69.9 cm³/mol. The van der Waals surface area contributed by atoms with E-state index >= 15 is 0 Å². The number of hydrogen-bond donors (Lipinski definition) is 4. The molecule has 0 heterocycles. The van der Waals surface area contributed by atoms with Crippen LogP contribution in [0.15, 0.2) is 0 Å². The molecular weight excluding hydrogens is 274 g/mol. The summed E-state index contributed by atoms with van der Waals surface area (Å²) >= 11 is 0. The summed E-state index contributed by atoms with van der Waals surface area (Å²) in [5, 5.41) is 13.5. The number of nitrogens with two attached hydrogens (primary N) is 1. The fourth-order valence-corrected chi connectivity index (χ4v) is 1.78. The van der Waals surface area contributed by atoms with Gasteiger partial charge in [-0.15, -0.1) is 0 Å². The van der Waals surface area contributed by atoms with E-state index in [1.54, 1.807) is 6.26 Å². The number of aliphatic carboxylic acids is 1. The lowest BCUT2D eigenvalue weighted by Crippen LogP contribution is -2.46. The van der Waals surface area contributed by atoms with E-state index in [-0.39, 0.29) is 12.8 Å². The number of carbonyl (C=O) groups is 3. The number of urea groups is 1. The third kappa shape index (κ3) is 10.0. The van der Waals surface area contributed by atoms with Gasteiger partial charge in [0, 0.05) is 35.8 Å². The Labute approximate surface area is 113 Å². The summed E-state index contributed by atoms with van der Waals surface area (Å²) in [7, 11) is -0.924. The minimum absolute atomic E-state index is 0.0585. The van der Waals surface area contributed by atoms with E-state index in [2.05, 4.69) is 10.6 Å². The van der Waals surface area contributed by atoms with E-state index < -0.39 is 34.7 Å². The normalized spacial score (nSPS) is 13.3. The summed E-state index contributed by atoms with van der Waals surface area (Å²) in [6, 6.07) is -1.80. The van der Waals surface area contributed by atoms with Crippen LogP contribution in [0.1, 0.15) is 19.3 Å². The number of primary amides is 1. The SMILES string of the molecule is CS(=O)CCCNC(=O)N[C@H](CCC(N)=O)C(=O)O. The largest absolute Gasteiger partial charge is 0.480 e. The van der Waals surface area contributed by atoms with Crippen molar-refractivity contribution in [2.45, 2.75) is 25.3 Å². The highest BCUT2D eigenvalue weighted by Crippen LogP contribution is 1.97. The number of carboxylic acids is 1. The van der Waals surface area contributed by atoms with E-state index in [1.807, 2.05) is 0 Å². The molecule has 0 saturated carbocycles. The fraction of sp³-hybridized carbons (Fsp3) is 0.700. The lowest BCUT2D eigenvalue weighted by Gasteiger charge is -2.14. The second-order valence-corrected chi connectivity index (χ2v) is 5.48. The van der Waals surface area contributed by atoms with E-state index in [1.165, 1.54) is 0 Å². The lowest BCUT2D eigenvalue weighted by molar-refractivity contribution is -0.139. The predicted octanol–water partition coefficient (Wildman–Crippen LogP) is -1.23. The summed E-state index contributed by atoms with van der Waals surface area (Å²) in [4.78, 5) is 32.8. The second kappa shape index (κ2) is 9.31. The first kappa shape index (κ1) is 17.4. The molecule has 5 N–H and O–H groups in total. The molecule has 1 unspecified atom stereocenters. The van der Waals surface area contributed by atoms with Crippen LogP contribution < -0.4 is 16.4 Å². The molecule has 0 saturated heterocycles. The molecule has 0 fully saturated rings. The standard InChI is InChI=1S/C10H19N3O5S/c1-19(18)6-2-5-12-10(17)13-7(9(15)16)3-4-8(11)14/h7H,2-6H2,1H3,(H2,11,14)(H,15,16)(H2,12,13,17)/t7-,19?/m1/s1. The van der Waals surface area contributed by atoms with Crippen LogP contribution in [0.25, 0.3) is 0 Å². The smallest absolute Gasteiger partial charge is 0.326 e. The molecule has 0 aromatic heterocycles. The molecule has 2 atom stereocenters. The van der Waals surface area contributed by atoms with E-state index in [0.717, 1.165) is 0 Å². The monoisotopic (exact) mass is 293 g/mol. The molecule has 0 rings (SSSR count). The number of carbonyl (C=O) groups excluding carboxylic acids is 2. The van der Waals surface area contributed by atoms with Gasteiger partial charge in [0.1, 0.15) is 6.04 Å². The van der Waals surface area contributed by atoms with Crippen LogP contribution in [0.3, 0.4) is 0 Å². The third-order valence-electron chi connectivity index (χ3n) is 2.18. The Morgan fingerprint density at radius 1 is 1.37 bits per heavy atom. The van der Waals surface area contributed by atoms with Crippen molar-refractivity contribution in [3.63, 3.8) is 0 Å². The summed E-state index contributed by atoms with van der Waals surface area (Å²) in [6.45, 7) is 0.299. The molecule has 19 heavy (non-hydrogen) atoms. The van der Waals surface area contributed by atoms with Crippen molar-refractivity contribution in [2.75, 3.05) is 18.6 Å². The van der Waals surface area contributed by atoms with Gasteiger partial charge in [0.15, 0.2) is 0 Å². The summed E-state index contributed by atoms with van der Waals surface area (Å²) in [6.07, 6.45) is 1.92. The van der Waals surface area contributed by atoms with Crippen molar-refractivity contribution in [3.8, 4) is 0 Å². The summed E-state index contributed by atoms with van der Waals surface area (Å²) in [5.74, 6) is -1.39. The second-order valence-electron chi connectivity index (χ2n) is 3.93. The lowest BCUT2D eigenvalue weighted by atomic mass is 10.1. The number of carboxylic acid groups (broad SMARTS) is 1. The quantitative estimate of drug-likeness (QED) is 0.394.